The summed E-state index contributed by atoms with van der Waals surface area (Å²) in [6, 6.07) is 13.1. The predicted octanol–water partition coefficient (Wildman–Crippen LogP) is 2.94. The van der Waals surface area contributed by atoms with Gasteiger partial charge in [0.2, 0.25) is 0 Å². The van der Waals surface area contributed by atoms with Gasteiger partial charge < -0.3 is 14.8 Å². The third kappa shape index (κ3) is 3.54. The van der Waals surface area contributed by atoms with E-state index in [2.05, 4.69) is 5.32 Å². The van der Waals surface area contributed by atoms with E-state index in [-0.39, 0.29) is 5.91 Å². The molecule has 2 aromatic carbocycles. The first-order valence-electron chi connectivity index (χ1n) is 6.70. The molecule has 4 nitrogen and oxygen atoms in total. The molecule has 0 aliphatic rings. The van der Waals surface area contributed by atoms with Gasteiger partial charge in [-0.25, -0.2) is 0 Å². The molecule has 0 spiro atoms. The zero-order valence-electron chi connectivity index (χ0n) is 12.5. The van der Waals surface area contributed by atoms with Crippen molar-refractivity contribution in [2.75, 3.05) is 14.2 Å². The molecular formula is C17H19NO3. The number of carbonyl (C=O) groups excluding carboxylic acids is 1. The number of aryl methyl sites for hydroxylation is 1. The van der Waals surface area contributed by atoms with Gasteiger partial charge in [0.25, 0.3) is 5.91 Å². The van der Waals surface area contributed by atoms with E-state index in [0.717, 1.165) is 11.1 Å². The largest absolute Gasteiger partial charge is 0.493 e. The number of nitrogens with one attached hydrogen (secondary N) is 1. The van der Waals surface area contributed by atoms with E-state index >= 15 is 0 Å². The van der Waals surface area contributed by atoms with Gasteiger partial charge in [-0.1, -0.05) is 24.3 Å². The molecular weight excluding hydrogens is 266 g/mol. The summed E-state index contributed by atoms with van der Waals surface area (Å²) < 4.78 is 10.4. The molecule has 0 atom stereocenters. The van der Waals surface area contributed by atoms with Gasteiger partial charge in [-0.05, 0) is 36.2 Å². The van der Waals surface area contributed by atoms with Gasteiger partial charge in [0.1, 0.15) is 0 Å². The molecule has 0 aromatic heterocycles. The van der Waals surface area contributed by atoms with E-state index in [1.807, 2.05) is 49.4 Å². The van der Waals surface area contributed by atoms with Crippen LogP contribution in [0.3, 0.4) is 0 Å². The molecule has 2 rings (SSSR count). The van der Waals surface area contributed by atoms with Crippen LogP contribution in [0.25, 0.3) is 0 Å². The van der Waals surface area contributed by atoms with Gasteiger partial charge in [-0.3, -0.25) is 4.79 Å². The summed E-state index contributed by atoms with van der Waals surface area (Å²) in [7, 11) is 3.19. The lowest BCUT2D eigenvalue weighted by Crippen LogP contribution is -2.23. The SMILES string of the molecule is COc1ccc(CNC(=O)c2ccccc2C)cc1OC. The number of benzene rings is 2. The van der Waals surface area contributed by atoms with Crippen molar-refractivity contribution in [1.82, 2.24) is 5.32 Å². The van der Waals surface area contributed by atoms with Gasteiger partial charge in [0.15, 0.2) is 11.5 Å². The monoisotopic (exact) mass is 285 g/mol. The zero-order chi connectivity index (χ0) is 15.2. The van der Waals surface area contributed by atoms with Crippen molar-refractivity contribution in [1.29, 1.82) is 0 Å². The van der Waals surface area contributed by atoms with Crippen molar-refractivity contribution >= 4 is 5.91 Å². The lowest BCUT2D eigenvalue weighted by atomic mass is 10.1. The van der Waals surface area contributed by atoms with Crippen molar-refractivity contribution in [3.63, 3.8) is 0 Å². The number of carbonyl (C=O) groups is 1. The van der Waals surface area contributed by atoms with Gasteiger partial charge in [0.05, 0.1) is 14.2 Å². The molecule has 0 radical (unpaired) electrons. The Balaban J connectivity index is 2.06. The average molecular weight is 285 g/mol. The predicted molar refractivity (Wildman–Crippen MR) is 81.9 cm³/mol. The summed E-state index contributed by atoms with van der Waals surface area (Å²) in [6.07, 6.45) is 0. The highest BCUT2D eigenvalue weighted by atomic mass is 16.5. The Morgan fingerprint density at radius 3 is 2.43 bits per heavy atom. The van der Waals surface area contributed by atoms with Crippen molar-refractivity contribution in [3.05, 3.63) is 59.2 Å². The molecule has 1 N–H and O–H groups in total. The molecule has 21 heavy (non-hydrogen) atoms. The lowest BCUT2D eigenvalue weighted by molar-refractivity contribution is 0.0950. The fraction of sp³-hybridized carbons (Fsp3) is 0.235. The highest BCUT2D eigenvalue weighted by Crippen LogP contribution is 2.27. The van der Waals surface area contributed by atoms with Crippen molar-refractivity contribution in [2.45, 2.75) is 13.5 Å². The van der Waals surface area contributed by atoms with Crippen molar-refractivity contribution < 1.29 is 14.3 Å². The number of rotatable bonds is 5. The van der Waals surface area contributed by atoms with Crippen LogP contribution in [-0.4, -0.2) is 20.1 Å². The van der Waals surface area contributed by atoms with Crippen LogP contribution in [0.15, 0.2) is 42.5 Å². The zero-order valence-corrected chi connectivity index (χ0v) is 12.5. The molecule has 0 unspecified atom stereocenters. The van der Waals surface area contributed by atoms with Gasteiger partial charge in [-0.2, -0.15) is 0 Å². The summed E-state index contributed by atoms with van der Waals surface area (Å²) in [6.45, 7) is 2.36. The fourth-order valence-corrected chi connectivity index (χ4v) is 2.10. The van der Waals surface area contributed by atoms with Crippen LogP contribution in [0, 0.1) is 6.92 Å². The van der Waals surface area contributed by atoms with Crippen LogP contribution >= 0.6 is 0 Å². The normalized spacial score (nSPS) is 10.0. The van der Waals surface area contributed by atoms with E-state index in [1.165, 1.54) is 0 Å². The Morgan fingerprint density at radius 1 is 1.05 bits per heavy atom. The molecule has 0 heterocycles. The van der Waals surface area contributed by atoms with Crippen LogP contribution in [0.1, 0.15) is 21.5 Å². The topological polar surface area (TPSA) is 47.6 Å². The average Bonchev–Trinajstić information content (AvgIpc) is 2.52. The third-order valence-electron chi connectivity index (χ3n) is 3.29. The highest BCUT2D eigenvalue weighted by molar-refractivity contribution is 5.95. The first-order chi connectivity index (χ1) is 10.2. The number of hydrogen-bond acceptors (Lipinski definition) is 3. The lowest BCUT2D eigenvalue weighted by Gasteiger charge is -2.11. The summed E-state index contributed by atoms with van der Waals surface area (Å²) in [5.74, 6) is 1.24. The molecule has 0 bridgehead atoms. The molecule has 0 saturated carbocycles. The van der Waals surface area contributed by atoms with E-state index < -0.39 is 0 Å². The summed E-state index contributed by atoms with van der Waals surface area (Å²) in [5, 5.41) is 2.91. The standard InChI is InChI=1S/C17H19NO3/c1-12-6-4-5-7-14(12)17(19)18-11-13-8-9-15(20-2)16(10-13)21-3/h4-10H,11H2,1-3H3,(H,18,19). The highest BCUT2D eigenvalue weighted by Gasteiger charge is 2.09. The van der Waals surface area contributed by atoms with E-state index in [9.17, 15) is 4.79 Å². The van der Waals surface area contributed by atoms with Crippen LogP contribution in [0.2, 0.25) is 0 Å². The second-order valence-corrected chi connectivity index (χ2v) is 4.69. The molecule has 2 aromatic rings. The Hall–Kier alpha value is -2.49. The minimum absolute atomic E-state index is 0.0807. The Kier molecular flexibility index (Phi) is 4.82. The summed E-state index contributed by atoms with van der Waals surface area (Å²) in [5.41, 5.74) is 2.61. The second kappa shape index (κ2) is 6.79. The maximum absolute atomic E-state index is 12.1. The molecule has 0 fully saturated rings. The quantitative estimate of drug-likeness (QED) is 0.918. The second-order valence-electron chi connectivity index (χ2n) is 4.69. The number of amides is 1. The molecule has 0 aliphatic carbocycles. The van der Waals surface area contributed by atoms with Gasteiger partial charge in [-0.15, -0.1) is 0 Å². The Labute approximate surface area is 124 Å². The maximum Gasteiger partial charge on any atom is 0.251 e. The number of methoxy groups -OCH3 is 2. The fourth-order valence-electron chi connectivity index (χ4n) is 2.10. The third-order valence-corrected chi connectivity index (χ3v) is 3.29. The summed E-state index contributed by atoms with van der Waals surface area (Å²) in [4.78, 5) is 12.1. The molecule has 0 aliphatic heterocycles. The van der Waals surface area contributed by atoms with E-state index in [1.54, 1.807) is 14.2 Å². The van der Waals surface area contributed by atoms with Gasteiger partial charge >= 0.3 is 0 Å². The maximum atomic E-state index is 12.1. The van der Waals surface area contributed by atoms with Crippen molar-refractivity contribution in [3.8, 4) is 11.5 Å². The first-order valence-corrected chi connectivity index (χ1v) is 6.70. The molecule has 110 valence electrons. The van der Waals surface area contributed by atoms with E-state index in [0.29, 0.717) is 23.6 Å². The van der Waals surface area contributed by atoms with Crippen LogP contribution in [0.5, 0.6) is 11.5 Å². The van der Waals surface area contributed by atoms with Crippen LogP contribution in [-0.2, 0) is 6.54 Å². The molecule has 1 amide bonds. The minimum atomic E-state index is -0.0807. The Morgan fingerprint density at radius 2 is 1.76 bits per heavy atom. The molecule has 4 heteroatoms. The minimum Gasteiger partial charge on any atom is -0.493 e. The van der Waals surface area contributed by atoms with Crippen LogP contribution < -0.4 is 14.8 Å². The number of ether oxygens (including phenoxy) is 2. The number of hydrogen-bond donors (Lipinski definition) is 1. The van der Waals surface area contributed by atoms with Crippen molar-refractivity contribution in [2.24, 2.45) is 0 Å². The summed E-state index contributed by atoms with van der Waals surface area (Å²) >= 11 is 0. The molecule has 0 saturated heterocycles. The van der Waals surface area contributed by atoms with Crippen LogP contribution in [0.4, 0.5) is 0 Å². The van der Waals surface area contributed by atoms with Gasteiger partial charge in [0, 0.05) is 12.1 Å². The van der Waals surface area contributed by atoms with E-state index in [4.69, 9.17) is 9.47 Å². The first kappa shape index (κ1) is 14.9. The smallest absolute Gasteiger partial charge is 0.251 e. The Bertz CT molecular complexity index is 638.